The van der Waals surface area contributed by atoms with Crippen LogP contribution in [0.5, 0.6) is 0 Å². The number of thioether (sulfide) groups is 1. The lowest BCUT2D eigenvalue weighted by atomic mass is 10.0. The summed E-state index contributed by atoms with van der Waals surface area (Å²) in [4.78, 5) is 15.2. The molecular weight excluding hydrogens is 387 g/mol. The number of likely N-dealkylation sites (tertiary alicyclic amines) is 1. The van der Waals surface area contributed by atoms with Gasteiger partial charge >= 0.3 is 12.2 Å². The molecule has 1 aromatic rings. The number of amides is 2. The summed E-state index contributed by atoms with van der Waals surface area (Å²) < 4.78 is 37.4. The van der Waals surface area contributed by atoms with E-state index in [0.717, 1.165) is 31.8 Å². The minimum Gasteiger partial charge on any atom is -0.335 e. The minimum atomic E-state index is -4.24. The van der Waals surface area contributed by atoms with Gasteiger partial charge in [0.1, 0.15) is 0 Å². The number of carbonyl (C=O) groups excluding carboxylic acids is 1. The maximum Gasteiger partial charge on any atom is 0.398 e. The topological polar surface area (TPSA) is 44.4 Å². The van der Waals surface area contributed by atoms with Crippen LogP contribution in [0.4, 0.5) is 23.7 Å². The summed E-state index contributed by atoms with van der Waals surface area (Å²) in [6, 6.07) is 6.34. The average molecular weight is 416 g/mol. The Morgan fingerprint density at radius 1 is 1.11 bits per heavy atom. The lowest BCUT2D eigenvalue weighted by Crippen LogP contribution is -2.46. The van der Waals surface area contributed by atoms with Crippen molar-refractivity contribution in [3.8, 4) is 0 Å². The Labute approximate surface area is 168 Å². The number of anilines is 1. The number of hydrogen-bond donors (Lipinski definition) is 2. The summed E-state index contributed by atoms with van der Waals surface area (Å²) in [5.41, 5.74) is 0.410. The highest BCUT2D eigenvalue weighted by molar-refractivity contribution is 7.99. The molecule has 1 aliphatic heterocycles. The van der Waals surface area contributed by atoms with E-state index in [-0.39, 0.29) is 12.1 Å². The molecule has 0 unspecified atom stereocenters. The van der Waals surface area contributed by atoms with Crippen molar-refractivity contribution in [2.45, 2.75) is 55.6 Å². The lowest BCUT2D eigenvalue weighted by Gasteiger charge is -2.33. The van der Waals surface area contributed by atoms with Gasteiger partial charge in [0.2, 0.25) is 0 Å². The van der Waals surface area contributed by atoms with Crippen LogP contribution >= 0.6 is 11.8 Å². The SMILES string of the molecule is O=C(Nc1ccccc1SCC(F)(F)F)NC1CCN(CC2CCCC2)CC1. The Balaban J connectivity index is 1.43. The second-order valence-electron chi connectivity index (χ2n) is 7.72. The summed E-state index contributed by atoms with van der Waals surface area (Å²) in [5.74, 6) is -0.147. The molecule has 0 radical (unpaired) electrons. The Bertz CT molecular complexity index is 642. The molecule has 2 aliphatic rings. The van der Waals surface area contributed by atoms with E-state index < -0.39 is 11.9 Å². The van der Waals surface area contributed by atoms with Gasteiger partial charge < -0.3 is 15.5 Å². The van der Waals surface area contributed by atoms with Crippen LogP contribution in [0.25, 0.3) is 0 Å². The number of rotatable bonds is 6. The third-order valence-electron chi connectivity index (χ3n) is 5.44. The maximum atomic E-state index is 12.5. The van der Waals surface area contributed by atoms with Crippen LogP contribution in [0.1, 0.15) is 38.5 Å². The van der Waals surface area contributed by atoms with Gasteiger partial charge in [-0.3, -0.25) is 0 Å². The molecule has 0 atom stereocenters. The number of alkyl halides is 3. The van der Waals surface area contributed by atoms with Crippen LogP contribution in [0.2, 0.25) is 0 Å². The van der Waals surface area contributed by atoms with Gasteiger partial charge in [-0.25, -0.2) is 4.79 Å². The Morgan fingerprint density at radius 2 is 1.79 bits per heavy atom. The highest BCUT2D eigenvalue weighted by atomic mass is 32.2. The van der Waals surface area contributed by atoms with Crippen LogP contribution < -0.4 is 10.6 Å². The third kappa shape index (κ3) is 6.88. The number of hydrogen-bond acceptors (Lipinski definition) is 3. The zero-order valence-corrected chi connectivity index (χ0v) is 16.7. The molecule has 4 nitrogen and oxygen atoms in total. The second kappa shape index (κ2) is 9.87. The molecule has 28 heavy (non-hydrogen) atoms. The molecule has 0 aromatic heterocycles. The first kappa shape index (κ1) is 21.3. The zero-order chi connectivity index (χ0) is 20.0. The number of benzene rings is 1. The molecule has 2 N–H and O–H groups in total. The van der Waals surface area contributed by atoms with E-state index in [1.165, 1.54) is 32.2 Å². The number of para-hydroxylation sites is 1. The quantitative estimate of drug-likeness (QED) is 0.634. The molecule has 0 bridgehead atoms. The highest BCUT2D eigenvalue weighted by Gasteiger charge is 2.28. The summed E-state index contributed by atoms with van der Waals surface area (Å²) in [7, 11) is 0. The van der Waals surface area contributed by atoms with Crippen LogP contribution in [-0.2, 0) is 0 Å². The maximum absolute atomic E-state index is 12.5. The first-order valence-corrected chi connectivity index (χ1v) is 11.0. The fraction of sp³-hybridized carbons (Fsp3) is 0.650. The normalized spacial score (nSPS) is 19.7. The second-order valence-corrected chi connectivity index (χ2v) is 8.74. The van der Waals surface area contributed by atoms with Crippen LogP contribution in [-0.4, -0.2) is 48.5 Å². The Hall–Kier alpha value is -1.41. The molecule has 0 spiro atoms. The first-order valence-electron chi connectivity index (χ1n) is 9.97. The Kier molecular flexibility index (Phi) is 7.51. The number of halogens is 3. The smallest absolute Gasteiger partial charge is 0.335 e. The van der Waals surface area contributed by atoms with Crippen LogP contribution in [0.15, 0.2) is 29.2 Å². The highest BCUT2D eigenvalue weighted by Crippen LogP contribution is 2.32. The first-order chi connectivity index (χ1) is 13.4. The molecule has 1 heterocycles. The molecule has 3 rings (SSSR count). The molecule has 1 saturated heterocycles. The number of nitrogens with one attached hydrogen (secondary N) is 2. The summed E-state index contributed by atoms with van der Waals surface area (Å²) in [6.07, 6.45) is 2.96. The van der Waals surface area contributed by atoms with E-state index in [9.17, 15) is 18.0 Å². The van der Waals surface area contributed by atoms with Crippen LogP contribution in [0.3, 0.4) is 0 Å². The number of piperidine rings is 1. The van der Waals surface area contributed by atoms with Gasteiger partial charge in [-0.15, -0.1) is 11.8 Å². The molecular formula is C20H28F3N3OS. The van der Waals surface area contributed by atoms with Gasteiger partial charge in [0, 0.05) is 30.6 Å². The fourth-order valence-corrected chi connectivity index (χ4v) is 4.79. The molecule has 2 amide bonds. The summed E-state index contributed by atoms with van der Waals surface area (Å²) in [6.45, 7) is 3.14. The monoisotopic (exact) mass is 415 g/mol. The lowest BCUT2D eigenvalue weighted by molar-refractivity contribution is -0.105. The predicted molar refractivity (Wildman–Crippen MR) is 107 cm³/mol. The van der Waals surface area contributed by atoms with Crippen molar-refractivity contribution in [1.82, 2.24) is 10.2 Å². The van der Waals surface area contributed by atoms with Crippen molar-refractivity contribution in [3.05, 3.63) is 24.3 Å². The van der Waals surface area contributed by atoms with E-state index in [2.05, 4.69) is 15.5 Å². The molecule has 156 valence electrons. The van der Waals surface area contributed by atoms with Gasteiger partial charge in [-0.05, 0) is 43.7 Å². The predicted octanol–water partition coefficient (Wildman–Crippen LogP) is 5.12. The minimum absolute atomic E-state index is 0.106. The molecule has 8 heteroatoms. The van der Waals surface area contributed by atoms with Gasteiger partial charge in [0.25, 0.3) is 0 Å². The molecule has 1 saturated carbocycles. The molecule has 2 fully saturated rings. The van der Waals surface area contributed by atoms with Gasteiger partial charge in [0.15, 0.2) is 0 Å². The van der Waals surface area contributed by atoms with Crippen molar-refractivity contribution < 1.29 is 18.0 Å². The van der Waals surface area contributed by atoms with Gasteiger partial charge in [-0.2, -0.15) is 13.2 Å². The van der Waals surface area contributed by atoms with E-state index in [4.69, 9.17) is 0 Å². The van der Waals surface area contributed by atoms with Crippen LogP contribution in [0, 0.1) is 5.92 Å². The number of urea groups is 1. The standard InChI is InChI=1S/C20H28F3N3OS/c21-20(22,23)14-28-18-8-4-3-7-17(18)25-19(27)24-16-9-11-26(12-10-16)13-15-5-1-2-6-15/h3-4,7-8,15-16H,1-2,5-6,9-14H2,(H2,24,25,27). The van der Waals surface area contributed by atoms with Crippen molar-refractivity contribution in [2.24, 2.45) is 5.92 Å². The molecule has 1 aromatic carbocycles. The largest absolute Gasteiger partial charge is 0.398 e. The fourth-order valence-electron chi connectivity index (χ4n) is 4.02. The van der Waals surface area contributed by atoms with E-state index in [0.29, 0.717) is 22.3 Å². The van der Waals surface area contributed by atoms with Gasteiger partial charge in [0.05, 0.1) is 11.4 Å². The van der Waals surface area contributed by atoms with Crippen molar-refractivity contribution in [2.75, 3.05) is 30.7 Å². The third-order valence-corrected chi connectivity index (χ3v) is 6.58. The van der Waals surface area contributed by atoms with Crippen molar-refractivity contribution in [3.63, 3.8) is 0 Å². The zero-order valence-electron chi connectivity index (χ0n) is 15.9. The summed E-state index contributed by atoms with van der Waals surface area (Å²) in [5, 5.41) is 5.69. The van der Waals surface area contributed by atoms with E-state index >= 15 is 0 Å². The van der Waals surface area contributed by atoms with E-state index in [1.807, 2.05) is 0 Å². The Morgan fingerprint density at radius 3 is 2.46 bits per heavy atom. The van der Waals surface area contributed by atoms with E-state index in [1.54, 1.807) is 24.3 Å². The van der Waals surface area contributed by atoms with Crippen molar-refractivity contribution >= 4 is 23.5 Å². The number of carbonyl (C=O) groups is 1. The van der Waals surface area contributed by atoms with Gasteiger partial charge in [-0.1, -0.05) is 25.0 Å². The average Bonchev–Trinajstić information content (AvgIpc) is 3.15. The van der Waals surface area contributed by atoms with Crippen molar-refractivity contribution in [1.29, 1.82) is 0 Å². The summed E-state index contributed by atoms with van der Waals surface area (Å²) >= 11 is 0.683. The number of nitrogens with zero attached hydrogens (tertiary/aromatic N) is 1. The molecule has 1 aliphatic carbocycles.